The van der Waals surface area contributed by atoms with Crippen molar-refractivity contribution in [2.75, 3.05) is 18.4 Å². The number of aromatic nitrogens is 3. The highest BCUT2D eigenvalue weighted by atomic mass is 32.1. The fraction of sp³-hybridized carbons (Fsp3) is 0.429. The maximum Gasteiger partial charge on any atom is 0.231 e. The van der Waals surface area contributed by atoms with Gasteiger partial charge in [0, 0.05) is 17.8 Å². The highest BCUT2D eigenvalue weighted by Crippen LogP contribution is 2.34. The van der Waals surface area contributed by atoms with E-state index < -0.39 is 0 Å². The molecule has 116 valence electrons. The predicted octanol–water partition coefficient (Wildman–Crippen LogP) is 1.61. The van der Waals surface area contributed by atoms with Crippen LogP contribution >= 0.6 is 11.3 Å². The third kappa shape index (κ3) is 3.23. The Bertz CT molecular complexity index is 673. The van der Waals surface area contributed by atoms with E-state index in [1.54, 1.807) is 12.4 Å². The van der Waals surface area contributed by atoms with Crippen molar-refractivity contribution in [3.8, 4) is 0 Å². The number of carbonyl (C=O) groups is 1. The summed E-state index contributed by atoms with van der Waals surface area (Å²) in [6.07, 6.45) is 5.29. The number of rotatable bonds is 5. The maximum absolute atomic E-state index is 11.2. The Labute approximate surface area is 132 Å². The highest BCUT2D eigenvalue weighted by Gasteiger charge is 2.30. The lowest BCUT2D eigenvalue weighted by atomic mass is 10.1. The van der Waals surface area contributed by atoms with Gasteiger partial charge in [-0.15, -0.1) is 11.3 Å². The Hall–Kier alpha value is -2.06. The van der Waals surface area contributed by atoms with Gasteiger partial charge in [0.1, 0.15) is 5.69 Å². The molecule has 0 aliphatic carbocycles. The summed E-state index contributed by atoms with van der Waals surface area (Å²) in [4.78, 5) is 26.6. The molecule has 1 unspecified atom stereocenters. The number of likely N-dealkylation sites (tertiary alicyclic amines) is 1. The standard InChI is InChI=1S/C14H18N6OS/c1-9-8-22-14(18-9)19-13-12(16-4-5-17-13)10-3-2-6-20(10)7-11(15)21/h4-5,8,10H,2-3,6-7H2,1H3,(H2,15,21)(H,17,18,19). The van der Waals surface area contributed by atoms with Gasteiger partial charge in [0.25, 0.3) is 0 Å². The Balaban J connectivity index is 1.85. The number of anilines is 2. The number of nitrogens with zero attached hydrogens (tertiary/aromatic N) is 4. The van der Waals surface area contributed by atoms with Gasteiger partial charge in [-0.3, -0.25) is 14.7 Å². The van der Waals surface area contributed by atoms with Crippen LogP contribution in [-0.2, 0) is 4.79 Å². The van der Waals surface area contributed by atoms with Crippen molar-refractivity contribution >= 4 is 28.2 Å². The first-order valence-electron chi connectivity index (χ1n) is 7.16. The predicted molar refractivity (Wildman–Crippen MR) is 84.9 cm³/mol. The van der Waals surface area contributed by atoms with Crippen LogP contribution in [0.25, 0.3) is 0 Å². The van der Waals surface area contributed by atoms with Crippen LogP contribution in [0.3, 0.4) is 0 Å². The summed E-state index contributed by atoms with van der Waals surface area (Å²) in [5, 5.41) is 6.01. The van der Waals surface area contributed by atoms with Gasteiger partial charge in [0.2, 0.25) is 5.91 Å². The van der Waals surface area contributed by atoms with E-state index in [-0.39, 0.29) is 18.5 Å². The number of thiazole rings is 1. The first-order chi connectivity index (χ1) is 10.6. The van der Waals surface area contributed by atoms with Crippen molar-refractivity contribution in [1.29, 1.82) is 0 Å². The molecule has 2 aromatic rings. The van der Waals surface area contributed by atoms with Crippen LogP contribution in [0.4, 0.5) is 10.9 Å². The average Bonchev–Trinajstić information content (AvgIpc) is 3.08. The molecule has 3 rings (SSSR count). The zero-order valence-electron chi connectivity index (χ0n) is 12.3. The zero-order chi connectivity index (χ0) is 15.5. The van der Waals surface area contributed by atoms with E-state index in [9.17, 15) is 4.79 Å². The summed E-state index contributed by atoms with van der Waals surface area (Å²) in [6, 6.07) is 0.0600. The molecule has 3 N–H and O–H groups in total. The SMILES string of the molecule is Cc1csc(Nc2nccnc2C2CCCN2CC(N)=O)n1. The number of amides is 1. The van der Waals surface area contributed by atoms with Crippen LogP contribution in [0.1, 0.15) is 30.3 Å². The van der Waals surface area contributed by atoms with E-state index in [1.807, 2.05) is 12.3 Å². The Kier molecular flexibility index (Phi) is 4.30. The van der Waals surface area contributed by atoms with Crippen molar-refractivity contribution < 1.29 is 4.79 Å². The Morgan fingerprint density at radius 3 is 3.05 bits per heavy atom. The summed E-state index contributed by atoms with van der Waals surface area (Å²) in [6.45, 7) is 3.04. The molecule has 0 radical (unpaired) electrons. The monoisotopic (exact) mass is 318 g/mol. The molecule has 2 aromatic heterocycles. The maximum atomic E-state index is 11.2. The molecule has 0 saturated carbocycles. The van der Waals surface area contributed by atoms with Crippen molar-refractivity contribution in [3.05, 3.63) is 29.2 Å². The summed E-state index contributed by atoms with van der Waals surface area (Å²) < 4.78 is 0. The van der Waals surface area contributed by atoms with E-state index in [2.05, 4.69) is 25.2 Å². The van der Waals surface area contributed by atoms with E-state index in [4.69, 9.17) is 5.73 Å². The Morgan fingerprint density at radius 2 is 2.32 bits per heavy atom. The minimum absolute atomic E-state index is 0.0600. The number of carbonyl (C=O) groups excluding carboxylic acids is 1. The summed E-state index contributed by atoms with van der Waals surface area (Å²) in [5.74, 6) is 0.374. The molecule has 1 aliphatic heterocycles. The van der Waals surface area contributed by atoms with Gasteiger partial charge >= 0.3 is 0 Å². The molecule has 1 atom stereocenters. The topological polar surface area (TPSA) is 97.0 Å². The zero-order valence-corrected chi connectivity index (χ0v) is 13.1. The normalized spacial score (nSPS) is 18.5. The first-order valence-corrected chi connectivity index (χ1v) is 8.04. The van der Waals surface area contributed by atoms with Crippen LogP contribution in [-0.4, -0.2) is 38.8 Å². The second kappa shape index (κ2) is 6.37. The molecule has 3 heterocycles. The lowest BCUT2D eigenvalue weighted by Crippen LogP contribution is -2.34. The lowest BCUT2D eigenvalue weighted by molar-refractivity contribution is -0.119. The lowest BCUT2D eigenvalue weighted by Gasteiger charge is -2.23. The summed E-state index contributed by atoms with van der Waals surface area (Å²) in [7, 11) is 0. The first kappa shape index (κ1) is 14.9. The molecule has 0 bridgehead atoms. The average molecular weight is 318 g/mol. The summed E-state index contributed by atoms with van der Waals surface area (Å²) in [5.41, 5.74) is 7.14. The van der Waals surface area contributed by atoms with Crippen LogP contribution < -0.4 is 11.1 Å². The third-order valence-electron chi connectivity index (χ3n) is 3.61. The highest BCUT2D eigenvalue weighted by molar-refractivity contribution is 7.13. The van der Waals surface area contributed by atoms with Gasteiger partial charge in [0.15, 0.2) is 10.9 Å². The summed E-state index contributed by atoms with van der Waals surface area (Å²) >= 11 is 1.53. The van der Waals surface area contributed by atoms with Gasteiger partial charge in [-0.2, -0.15) is 0 Å². The molecular weight excluding hydrogens is 300 g/mol. The molecule has 8 heteroatoms. The fourth-order valence-electron chi connectivity index (χ4n) is 2.73. The van der Waals surface area contributed by atoms with Crippen molar-refractivity contribution in [2.45, 2.75) is 25.8 Å². The molecule has 1 aliphatic rings. The van der Waals surface area contributed by atoms with E-state index in [0.29, 0.717) is 5.82 Å². The molecule has 1 fully saturated rings. The van der Waals surface area contributed by atoms with Crippen molar-refractivity contribution in [3.63, 3.8) is 0 Å². The van der Waals surface area contributed by atoms with Gasteiger partial charge in [-0.1, -0.05) is 0 Å². The Morgan fingerprint density at radius 1 is 1.50 bits per heavy atom. The number of hydrogen-bond acceptors (Lipinski definition) is 7. The van der Waals surface area contributed by atoms with Crippen molar-refractivity contribution in [2.24, 2.45) is 5.73 Å². The quantitative estimate of drug-likeness (QED) is 0.869. The molecule has 22 heavy (non-hydrogen) atoms. The van der Waals surface area contributed by atoms with Gasteiger partial charge in [0.05, 0.1) is 18.3 Å². The number of nitrogens with two attached hydrogens (primary N) is 1. The number of nitrogens with one attached hydrogen (secondary N) is 1. The molecule has 7 nitrogen and oxygen atoms in total. The van der Waals surface area contributed by atoms with Crippen LogP contribution in [0.2, 0.25) is 0 Å². The molecule has 0 spiro atoms. The second-order valence-electron chi connectivity index (χ2n) is 5.30. The van der Waals surface area contributed by atoms with E-state index in [0.717, 1.165) is 35.9 Å². The second-order valence-corrected chi connectivity index (χ2v) is 6.16. The molecule has 1 saturated heterocycles. The smallest absolute Gasteiger partial charge is 0.231 e. The number of aryl methyl sites for hydroxylation is 1. The number of hydrogen-bond donors (Lipinski definition) is 2. The van der Waals surface area contributed by atoms with Crippen LogP contribution in [0.15, 0.2) is 17.8 Å². The van der Waals surface area contributed by atoms with E-state index >= 15 is 0 Å². The minimum Gasteiger partial charge on any atom is -0.369 e. The van der Waals surface area contributed by atoms with Crippen LogP contribution in [0, 0.1) is 6.92 Å². The molecule has 0 aromatic carbocycles. The minimum atomic E-state index is -0.319. The van der Waals surface area contributed by atoms with Gasteiger partial charge in [-0.05, 0) is 26.3 Å². The van der Waals surface area contributed by atoms with Gasteiger partial charge in [-0.25, -0.2) is 9.97 Å². The van der Waals surface area contributed by atoms with Crippen LogP contribution in [0.5, 0.6) is 0 Å². The van der Waals surface area contributed by atoms with Gasteiger partial charge < -0.3 is 11.1 Å². The third-order valence-corrected chi connectivity index (χ3v) is 4.48. The van der Waals surface area contributed by atoms with E-state index in [1.165, 1.54) is 11.3 Å². The fourth-order valence-corrected chi connectivity index (χ4v) is 3.41. The largest absolute Gasteiger partial charge is 0.369 e. The van der Waals surface area contributed by atoms with Crippen molar-refractivity contribution in [1.82, 2.24) is 19.9 Å². The molecular formula is C14H18N6OS. The number of primary amides is 1. The molecule has 1 amide bonds.